The molecule has 0 unspecified atom stereocenters. The second-order valence-corrected chi connectivity index (χ2v) is 6.28. The summed E-state index contributed by atoms with van der Waals surface area (Å²) in [4.78, 5) is 23.1. The first-order valence-corrected chi connectivity index (χ1v) is 8.71. The number of methoxy groups -OCH3 is 2. The number of rotatable bonds is 7. The van der Waals surface area contributed by atoms with Crippen LogP contribution in [0, 0.1) is 12.3 Å². The Bertz CT molecular complexity index is 951. The second kappa shape index (κ2) is 8.68. The molecule has 2 amide bonds. The summed E-state index contributed by atoms with van der Waals surface area (Å²) in [5.41, 5.74) is 0. The number of anilines is 1. The number of nitrogens with one attached hydrogen (secondary N) is 2. The third-order valence-electron chi connectivity index (χ3n) is 2.86. The van der Waals surface area contributed by atoms with Gasteiger partial charge in [0.1, 0.15) is 17.3 Å². The molecule has 0 spiro atoms. The van der Waals surface area contributed by atoms with Crippen molar-refractivity contribution in [3.05, 3.63) is 24.3 Å². The van der Waals surface area contributed by atoms with Crippen LogP contribution in [0.5, 0.6) is 17.8 Å². The second-order valence-electron chi connectivity index (χ2n) is 4.63. The number of hydrogen-bond donors (Lipinski definition) is 2. The molecule has 2 rings (SSSR count). The van der Waals surface area contributed by atoms with E-state index in [4.69, 9.17) is 20.6 Å². The van der Waals surface area contributed by atoms with Crippen LogP contribution in [0.2, 0.25) is 0 Å². The summed E-state index contributed by atoms with van der Waals surface area (Å²) in [5, 5.41) is 2.16. The number of carbonyl (C=O) groups excluding carboxylic acids is 1. The Balaban J connectivity index is 2.19. The predicted molar refractivity (Wildman–Crippen MR) is 93.0 cm³/mol. The summed E-state index contributed by atoms with van der Waals surface area (Å²) in [7, 11) is -1.66. The Morgan fingerprint density at radius 2 is 1.78 bits per heavy atom. The zero-order valence-corrected chi connectivity index (χ0v) is 15.1. The zero-order chi connectivity index (χ0) is 19.9. The molecule has 0 fully saturated rings. The average Bonchev–Trinajstić information content (AvgIpc) is 2.65. The molecule has 142 valence electrons. The zero-order valence-electron chi connectivity index (χ0n) is 14.3. The molecule has 0 aliphatic heterocycles. The number of urea groups is 1. The van der Waals surface area contributed by atoms with E-state index < -0.39 is 16.1 Å². The molecule has 1 aromatic carbocycles. The Hall–Kier alpha value is -3.59. The van der Waals surface area contributed by atoms with Crippen LogP contribution < -0.4 is 24.2 Å². The summed E-state index contributed by atoms with van der Waals surface area (Å²) < 4.78 is 41.6. The van der Waals surface area contributed by atoms with Crippen molar-refractivity contribution >= 4 is 22.0 Å². The van der Waals surface area contributed by atoms with Gasteiger partial charge in [-0.2, -0.15) is 9.97 Å². The van der Waals surface area contributed by atoms with Gasteiger partial charge in [-0.3, -0.25) is 5.32 Å². The highest BCUT2D eigenvalue weighted by Crippen LogP contribution is 2.23. The third-order valence-corrected chi connectivity index (χ3v) is 4.23. The Morgan fingerprint density at radius 1 is 1.15 bits per heavy atom. The summed E-state index contributed by atoms with van der Waals surface area (Å²) >= 11 is 0. The van der Waals surface area contributed by atoms with Crippen molar-refractivity contribution in [1.29, 1.82) is 0 Å². The van der Waals surface area contributed by atoms with Crippen molar-refractivity contribution in [1.82, 2.24) is 19.7 Å². The van der Waals surface area contributed by atoms with Crippen molar-refractivity contribution in [2.45, 2.75) is 4.90 Å². The fourth-order valence-corrected chi connectivity index (χ4v) is 2.85. The van der Waals surface area contributed by atoms with Crippen LogP contribution >= 0.6 is 0 Å². The molecule has 0 atom stereocenters. The molecule has 0 radical (unpaired) electrons. The minimum absolute atomic E-state index is 0.000695. The monoisotopic (exact) mass is 393 g/mol. The standard InChI is InChI=1S/C15H15N5O6S/c1-4-9-26-10-7-5-6-8-11(10)27(22,23)20-13(21)16-12-17-14(24-2)19-15(18-12)25-3/h1,5-8H,9H2,2-3H3,(H2,16,17,18,19,20,21). The number of terminal acetylenes is 1. The fourth-order valence-electron chi connectivity index (χ4n) is 1.79. The van der Waals surface area contributed by atoms with Crippen molar-refractivity contribution in [2.24, 2.45) is 0 Å². The van der Waals surface area contributed by atoms with Crippen LogP contribution in [0.4, 0.5) is 10.7 Å². The van der Waals surface area contributed by atoms with Gasteiger partial charge in [-0.25, -0.2) is 17.9 Å². The van der Waals surface area contributed by atoms with Gasteiger partial charge in [-0.15, -0.1) is 11.4 Å². The largest absolute Gasteiger partial charge is 0.480 e. The molecular weight excluding hydrogens is 378 g/mol. The van der Waals surface area contributed by atoms with E-state index in [1.54, 1.807) is 6.07 Å². The van der Waals surface area contributed by atoms with E-state index in [1.165, 1.54) is 32.4 Å². The molecule has 0 bridgehead atoms. The lowest BCUT2D eigenvalue weighted by Gasteiger charge is -2.12. The molecule has 0 saturated heterocycles. The van der Waals surface area contributed by atoms with Gasteiger partial charge in [0, 0.05) is 0 Å². The number of benzene rings is 1. The molecule has 0 aliphatic rings. The molecule has 12 heteroatoms. The molecule has 0 saturated carbocycles. The lowest BCUT2D eigenvalue weighted by molar-refractivity contribution is 0.256. The maximum absolute atomic E-state index is 12.5. The van der Waals surface area contributed by atoms with Gasteiger partial charge in [-0.05, 0) is 12.1 Å². The smallest absolute Gasteiger partial charge is 0.335 e. The van der Waals surface area contributed by atoms with Crippen molar-refractivity contribution in [3.63, 3.8) is 0 Å². The van der Waals surface area contributed by atoms with Crippen LogP contribution in [0.25, 0.3) is 0 Å². The van der Waals surface area contributed by atoms with E-state index in [9.17, 15) is 13.2 Å². The van der Waals surface area contributed by atoms with E-state index in [0.29, 0.717) is 0 Å². The summed E-state index contributed by atoms with van der Waals surface area (Å²) in [5.74, 6) is 1.95. The lowest BCUT2D eigenvalue weighted by atomic mass is 10.3. The summed E-state index contributed by atoms with van der Waals surface area (Å²) in [6, 6.07) is 4.32. The first-order valence-electron chi connectivity index (χ1n) is 7.22. The van der Waals surface area contributed by atoms with E-state index in [1.807, 2.05) is 4.72 Å². The SMILES string of the molecule is C#CCOc1ccccc1S(=O)(=O)NC(=O)Nc1nc(OC)nc(OC)n1. The van der Waals surface area contributed by atoms with Gasteiger partial charge in [0.25, 0.3) is 10.0 Å². The molecule has 1 heterocycles. The number of aromatic nitrogens is 3. The lowest BCUT2D eigenvalue weighted by Crippen LogP contribution is -2.35. The predicted octanol–water partition coefficient (Wildman–Crippen LogP) is 0.411. The number of hydrogen-bond acceptors (Lipinski definition) is 9. The van der Waals surface area contributed by atoms with Crippen LogP contribution in [-0.4, -0.2) is 50.2 Å². The number of sulfonamides is 1. The number of carbonyl (C=O) groups is 1. The number of nitrogens with zero attached hydrogens (tertiary/aromatic N) is 3. The summed E-state index contributed by atoms with van der Waals surface area (Å²) in [6.07, 6.45) is 5.11. The van der Waals surface area contributed by atoms with Crippen LogP contribution in [-0.2, 0) is 10.0 Å². The van der Waals surface area contributed by atoms with Crippen LogP contribution in [0.1, 0.15) is 0 Å². The Kier molecular flexibility index (Phi) is 6.34. The molecule has 2 aromatic rings. The van der Waals surface area contributed by atoms with Gasteiger partial charge in [0.05, 0.1) is 14.2 Å². The molecule has 11 nitrogen and oxygen atoms in total. The number of ether oxygens (including phenoxy) is 3. The van der Waals surface area contributed by atoms with Gasteiger partial charge < -0.3 is 14.2 Å². The topological polar surface area (TPSA) is 142 Å². The minimum Gasteiger partial charge on any atom is -0.480 e. The number of para-hydroxylation sites is 1. The van der Waals surface area contributed by atoms with Gasteiger partial charge in [0.15, 0.2) is 0 Å². The van der Waals surface area contributed by atoms with Crippen molar-refractivity contribution in [3.8, 4) is 30.1 Å². The third kappa shape index (κ3) is 5.19. The quantitative estimate of drug-likeness (QED) is 0.640. The highest BCUT2D eigenvalue weighted by atomic mass is 32.2. The van der Waals surface area contributed by atoms with Gasteiger partial charge in [0.2, 0.25) is 5.95 Å². The molecule has 1 aromatic heterocycles. The Labute approximate surface area is 155 Å². The van der Waals surface area contributed by atoms with E-state index in [-0.39, 0.29) is 35.2 Å². The first kappa shape index (κ1) is 19.7. The van der Waals surface area contributed by atoms with E-state index >= 15 is 0 Å². The molecular formula is C15H15N5O6S. The van der Waals surface area contributed by atoms with Crippen molar-refractivity contribution < 1.29 is 27.4 Å². The van der Waals surface area contributed by atoms with Crippen LogP contribution in [0.15, 0.2) is 29.2 Å². The fraction of sp³-hybridized carbons (Fsp3) is 0.200. The van der Waals surface area contributed by atoms with Crippen LogP contribution in [0.3, 0.4) is 0 Å². The Morgan fingerprint density at radius 3 is 2.37 bits per heavy atom. The maximum Gasteiger partial charge on any atom is 0.335 e. The van der Waals surface area contributed by atoms with E-state index in [2.05, 4.69) is 26.2 Å². The van der Waals surface area contributed by atoms with Gasteiger partial charge in [-0.1, -0.05) is 18.1 Å². The minimum atomic E-state index is -4.26. The first-order chi connectivity index (χ1) is 12.9. The van der Waals surface area contributed by atoms with Crippen molar-refractivity contribution in [2.75, 3.05) is 26.1 Å². The maximum atomic E-state index is 12.5. The highest BCUT2D eigenvalue weighted by Gasteiger charge is 2.23. The molecule has 2 N–H and O–H groups in total. The average molecular weight is 393 g/mol. The molecule has 27 heavy (non-hydrogen) atoms. The normalized spacial score (nSPS) is 10.4. The number of amides is 2. The van der Waals surface area contributed by atoms with Gasteiger partial charge >= 0.3 is 18.1 Å². The highest BCUT2D eigenvalue weighted by molar-refractivity contribution is 7.90. The van der Waals surface area contributed by atoms with E-state index in [0.717, 1.165) is 0 Å². The summed E-state index contributed by atoms with van der Waals surface area (Å²) in [6.45, 7) is -0.136. The molecule has 0 aliphatic carbocycles.